The van der Waals surface area contributed by atoms with Crippen LogP contribution in [0.4, 0.5) is 4.79 Å². The molecule has 140 valence electrons. The van der Waals surface area contributed by atoms with Crippen molar-refractivity contribution < 1.29 is 14.3 Å². The van der Waals surface area contributed by atoms with Crippen LogP contribution in [0.5, 0.6) is 0 Å². The normalized spacial score (nSPS) is 26.5. The van der Waals surface area contributed by atoms with Gasteiger partial charge in [-0.3, -0.25) is 0 Å². The number of ether oxygens (including phenoxy) is 1. The van der Waals surface area contributed by atoms with E-state index in [1.54, 1.807) is 20.0 Å². The molecule has 0 unspecified atom stereocenters. The number of urea groups is 1. The van der Waals surface area contributed by atoms with Crippen LogP contribution in [-0.4, -0.2) is 30.1 Å². The van der Waals surface area contributed by atoms with Crippen LogP contribution in [0.1, 0.15) is 51.1 Å². The molecule has 0 radical (unpaired) electrons. The third kappa shape index (κ3) is 3.73. The Labute approximate surface area is 159 Å². The maximum absolute atomic E-state index is 13.0. The number of rotatable bonds is 3. The number of esters is 1. The molecule has 1 aromatic rings. The standard InChI is InChI=1S/C20H25ClN2O3/c1-12-7-6-8-14(11-12)26-19(24)17-13(2)23(3)20(25)22-18(17)15-9-4-5-10-16(15)21/h4-5,9-10,12,14,18H,6-8,11H2,1-3H3,(H,22,25)/t12-,14+,18-/m1/s1. The zero-order valence-electron chi connectivity index (χ0n) is 15.4. The number of carbonyl (C=O) groups excluding carboxylic acids is 2. The zero-order chi connectivity index (χ0) is 18.8. The molecule has 1 N–H and O–H groups in total. The minimum atomic E-state index is -0.610. The topological polar surface area (TPSA) is 58.6 Å². The van der Waals surface area contributed by atoms with Gasteiger partial charge in [0.1, 0.15) is 6.10 Å². The number of allylic oxidation sites excluding steroid dienone is 1. The van der Waals surface area contributed by atoms with Crippen LogP contribution in [0, 0.1) is 5.92 Å². The molecule has 1 saturated carbocycles. The van der Waals surface area contributed by atoms with E-state index in [-0.39, 0.29) is 18.1 Å². The van der Waals surface area contributed by atoms with Crippen LogP contribution in [0.25, 0.3) is 0 Å². The Hall–Kier alpha value is -2.01. The molecule has 1 aliphatic heterocycles. The van der Waals surface area contributed by atoms with Gasteiger partial charge in [-0.25, -0.2) is 9.59 Å². The molecule has 0 spiro atoms. The summed E-state index contributed by atoms with van der Waals surface area (Å²) < 4.78 is 5.83. The van der Waals surface area contributed by atoms with E-state index in [2.05, 4.69) is 12.2 Å². The second-order valence-corrected chi connectivity index (χ2v) is 7.67. The van der Waals surface area contributed by atoms with E-state index in [9.17, 15) is 9.59 Å². The number of amides is 2. The Morgan fingerprint density at radius 1 is 1.31 bits per heavy atom. The molecule has 6 heteroatoms. The summed E-state index contributed by atoms with van der Waals surface area (Å²) in [5.41, 5.74) is 1.73. The van der Waals surface area contributed by atoms with Gasteiger partial charge in [0, 0.05) is 17.8 Å². The van der Waals surface area contributed by atoms with E-state index in [1.165, 1.54) is 11.3 Å². The van der Waals surface area contributed by atoms with Crippen molar-refractivity contribution in [3.05, 3.63) is 46.1 Å². The van der Waals surface area contributed by atoms with E-state index in [1.807, 2.05) is 18.2 Å². The summed E-state index contributed by atoms with van der Waals surface area (Å²) >= 11 is 6.33. The van der Waals surface area contributed by atoms with Gasteiger partial charge in [-0.2, -0.15) is 0 Å². The van der Waals surface area contributed by atoms with Crippen molar-refractivity contribution in [1.29, 1.82) is 0 Å². The van der Waals surface area contributed by atoms with E-state index >= 15 is 0 Å². The second kappa shape index (κ2) is 7.70. The Balaban J connectivity index is 1.92. The molecule has 0 bridgehead atoms. The fourth-order valence-electron chi connectivity index (χ4n) is 3.74. The molecule has 1 heterocycles. The predicted molar refractivity (Wildman–Crippen MR) is 101 cm³/mol. The van der Waals surface area contributed by atoms with Crippen molar-refractivity contribution >= 4 is 23.6 Å². The number of hydrogen-bond donors (Lipinski definition) is 1. The molecule has 1 aliphatic carbocycles. The molecular weight excluding hydrogens is 352 g/mol. The number of halogens is 1. The maximum atomic E-state index is 13.0. The first-order valence-corrected chi connectivity index (χ1v) is 9.46. The van der Waals surface area contributed by atoms with Crippen LogP contribution >= 0.6 is 11.6 Å². The lowest BCUT2D eigenvalue weighted by Crippen LogP contribution is -2.46. The van der Waals surface area contributed by atoms with Gasteiger partial charge in [0.2, 0.25) is 0 Å². The summed E-state index contributed by atoms with van der Waals surface area (Å²) in [5, 5.41) is 3.38. The Morgan fingerprint density at radius 2 is 2.04 bits per heavy atom. The smallest absolute Gasteiger partial charge is 0.338 e. The van der Waals surface area contributed by atoms with Crippen LogP contribution in [0.15, 0.2) is 35.5 Å². The number of nitrogens with zero attached hydrogens (tertiary/aromatic N) is 1. The largest absolute Gasteiger partial charge is 0.459 e. The Bertz CT molecular complexity index is 746. The first-order chi connectivity index (χ1) is 12.4. The van der Waals surface area contributed by atoms with E-state index in [4.69, 9.17) is 16.3 Å². The Kier molecular flexibility index (Phi) is 5.56. The number of hydrogen-bond acceptors (Lipinski definition) is 3. The van der Waals surface area contributed by atoms with Crippen LogP contribution in [0.3, 0.4) is 0 Å². The summed E-state index contributed by atoms with van der Waals surface area (Å²) in [6, 6.07) is 6.36. The minimum Gasteiger partial charge on any atom is -0.459 e. The van der Waals surface area contributed by atoms with E-state index in [0.29, 0.717) is 27.8 Å². The molecule has 2 amide bonds. The van der Waals surface area contributed by atoms with Gasteiger partial charge in [0.05, 0.1) is 11.6 Å². The van der Waals surface area contributed by atoms with E-state index < -0.39 is 6.04 Å². The summed E-state index contributed by atoms with van der Waals surface area (Å²) in [5.74, 6) is 0.183. The third-order valence-corrected chi connectivity index (χ3v) is 5.70. The number of benzene rings is 1. The summed E-state index contributed by atoms with van der Waals surface area (Å²) in [4.78, 5) is 26.8. The molecule has 26 heavy (non-hydrogen) atoms. The quantitative estimate of drug-likeness (QED) is 0.794. The Morgan fingerprint density at radius 3 is 2.73 bits per heavy atom. The highest BCUT2D eigenvalue weighted by Gasteiger charge is 2.37. The summed E-state index contributed by atoms with van der Waals surface area (Å²) in [7, 11) is 1.64. The maximum Gasteiger partial charge on any atom is 0.338 e. The van der Waals surface area contributed by atoms with Crippen molar-refractivity contribution in [1.82, 2.24) is 10.2 Å². The summed E-state index contributed by atoms with van der Waals surface area (Å²) in [6.45, 7) is 3.95. The average molecular weight is 377 g/mol. The second-order valence-electron chi connectivity index (χ2n) is 7.26. The molecule has 3 atom stereocenters. The SMILES string of the molecule is CC1=C(C(=O)O[C@H]2CCC[C@@H](C)C2)[C@@H](c2ccccc2Cl)NC(=O)N1C. The lowest BCUT2D eigenvalue weighted by molar-refractivity contribution is -0.147. The molecule has 1 fully saturated rings. The zero-order valence-corrected chi connectivity index (χ0v) is 16.2. The van der Waals surface area contributed by atoms with Gasteiger partial charge >= 0.3 is 12.0 Å². The van der Waals surface area contributed by atoms with Crippen LogP contribution < -0.4 is 5.32 Å². The molecular formula is C20H25ClN2O3. The predicted octanol–water partition coefficient (Wildman–Crippen LogP) is 4.43. The third-order valence-electron chi connectivity index (χ3n) is 5.35. The van der Waals surface area contributed by atoms with E-state index in [0.717, 1.165) is 19.3 Å². The van der Waals surface area contributed by atoms with Crippen LogP contribution in [-0.2, 0) is 9.53 Å². The highest BCUT2D eigenvalue weighted by Crippen LogP contribution is 2.35. The number of carbonyl (C=O) groups is 2. The molecule has 0 aromatic heterocycles. The lowest BCUT2D eigenvalue weighted by atomic mass is 9.88. The van der Waals surface area contributed by atoms with Crippen LogP contribution in [0.2, 0.25) is 5.02 Å². The van der Waals surface area contributed by atoms with Crippen molar-refractivity contribution in [2.45, 2.75) is 51.7 Å². The highest BCUT2D eigenvalue weighted by molar-refractivity contribution is 6.31. The highest BCUT2D eigenvalue weighted by atomic mass is 35.5. The average Bonchev–Trinajstić information content (AvgIpc) is 2.59. The molecule has 0 saturated heterocycles. The molecule has 3 rings (SSSR count). The first-order valence-electron chi connectivity index (χ1n) is 9.09. The van der Waals surface area contributed by atoms with Gasteiger partial charge in [-0.1, -0.05) is 43.1 Å². The van der Waals surface area contributed by atoms with Crippen molar-refractivity contribution in [3.63, 3.8) is 0 Å². The first kappa shape index (κ1) is 18.8. The van der Waals surface area contributed by atoms with Gasteiger partial charge < -0.3 is 15.0 Å². The van der Waals surface area contributed by atoms with Gasteiger partial charge in [-0.05, 0) is 43.7 Å². The summed E-state index contributed by atoms with van der Waals surface area (Å²) in [6.07, 6.45) is 3.96. The molecule has 1 aromatic carbocycles. The van der Waals surface area contributed by atoms with Crippen molar-refractivity contribution in [2.24, 2.45) is 5.92 Å². The van der Waals surface area contributed by atoms with Gasteiger partial charge in [-0.15, -0.1) is 0 Å². The fraction of sp³-hybridized carbons (Fsp3) is 0.500. The monoisotopic (exact) mass is 376 g/mol. The van der Waals surface area contributed by atoms with Crippen molar-refractivity contribution in [3.8, 4) is 0 Å². The van der Waals surface area contributed by atoms with Crippen molar-refractivity contribution in [2.75, 3.05) is 7.05 Å². The van der Waals surface area contributed by atoms with Gasteiger partial charge in [0.15, 0.2) is 0 Å². The minimum absolute atomic E-state index is 0.0682. The number of nitrogens with one attached hydrogen (secondary N) is 1. The lowest BCUT2D eigenvalue weighted by Gasteiger charge is -2.35. The molecule has 5 nitrogen and oxygen atoms in total. The van der Waals surface area contributed by atoms with Gasteiger partial charge in [0.25, 0.3) is 0 Å². The molecule has 2 aliphatic rings. The fourth-order valence-corrected chi connectivity index (χ4v) is 3.99.